The average Bonchev–Trinajstić information content (AvgIpc) is 2.19. The first-order valence-electron chi connectivity index (χ1n) is 4.44. The van der Waals surface area contributed by atoms with Crippen LogP contribution in [0.5, 0.6) is 0 Å². The van der Waals surface area contributed by atoms with Gasteiger partial charge in [0.15, 0.2) is 0 Å². The molecule has 1 aromatic rings. The molecule has 0 aromatic heterocycles. The number of hydrogen-bond donors (Lipinski definition) is 2. The molecule has 3 nitrogen and oxygen atoms in total. The Bertz CT molecular complexity index is 327. The van der Waals surface area contributed by atoms with Gasteiger partial charge in [-0.25, -0.2) is 0 Å². The lowest BCUT2D eigenvalue weighted by atomic mass is 10.0. The second-order valence-electron chi connectivity index (χ2n) is 3.23. The molecule has 15 heavy (non-hydrogen) atoms. The minimum Gasteiger partial charge on any atom is -0.481 e. The molecule has 1 aromatic carbocycles. The topological polar surface area (TPSA) is 49.3 Å². The standard InChI is InChI=1S/C10H11I2NO2/c11-8-3-1-7(2-4-8)5-9(13-12)6-10(14)15/h1-4,9,13H,5-6H2,(H,14,15). The van der Waals surface area contributed by atoms with Crippen LogP contribution in [0, 0.1) is 3.57 Å². The van der Waals surface area contributed by atoms with Crippen LogP contribution in [0.3, 0.4) is 0 Å². The molecule has 82 valence electrons. The van der Waals surface area contributed by atoms with Crippen molar-refractivity contribution in [3.05, 3.63) is 33.4 Å². The van der Waals surface area contributed by atoms with Gasteiger partial charge in [-0.2, -0.15) is 0 Å². The number of aliphatic carboxylic acids is 1. The van der Waals surface area contributed by atoms with Crippen molar-refractivity contribution in [3.8, 4) is 0 Å². The fourth-order valence-electron chi connectivity index (χ4n) is 1.27. The summed E-state index contributed by atoms with van der Waals surface area (Å²) in [6.07, 6.45) is 0.890. The van der Waals surface area contributed by atoms with Crippen LogP contribution in [0.1, 0.15) is 12.0 Å². The number of carboxylic acids is 1. The van der Waals surface area contributed by atoms with Crippen LogP contribution >= 0.6 is 45.5 Å². The van der Waals surface area contributed by atoms with Gasteiger partial charge in [-0.15, -0.1) is 0 Å². The summed E-state index contributed by atoms with van der Waals surface area (Å²) < 4.78 is 4.17. The van der Waals surface area contributed by atoms with E-state index in [1.54, 1.807) is 0 Å². The number of hydrogen-bond acceptors (Lipinski definition) is 2. The molecule has 1 rings (SSSR count). The van der Waals surface area contributed by atoms with E-state index in [4.69, 9.17) is 5.11 Å². The molecule has 0 amide bonds. The number of benzene rings is 1. The monoisotopic (exact) mass is 431 g/mol. The molecule has 5 heteroatoms. The Labute approximate surface area is 116 Å². The van der Waals surface area contributed by atoms with Gasteiger partial charge in [0.1, 0.15) is 0 Å². The van der Waals surface area contributed by atoms with Crippen LogP contribution < -0.4 is 3.53 Å². The fraction of sp³-hybridized carbons (Fsp3) is 0.300. The van der Waals surface area contributed by atoms with Crippen molar-refractivity contribution >= 4 is 51.4 Å². The predicted octanol–water partition coefficient (Wildman–Crippen LogP) is 2.62. The van der Waals surface area contributed by atoms with E-state index in [2.05, 4.69) is 26.1 Å². The zero-order valence-corrected chi connectivity index (χ0v) is 12.2. The van der Waals surface area contributed by atoms with Crippen LogP contribution in [0.25, 0.3) is 0 Å². The van der Waals surface area contributed by atoms with Crippen LogP contribution in [0.4, 0.5) is 0 Å². The summed E-state index contributed by atoms with van der Waals surface area (Å²) in [5.74, 6) is -0.769. The van der Waals surface area contributed by atoms with Gasteiger partial charge in [0, 0.05) is 32.5 Å². The fourth-order valence-corrected chi connectivity index (χ4v) is 2.07. The Balaban J connectivity index is 2.58. The minimum absolute atomic E-state index is 0.0110. The molecule has 0 aliphatic carbocycles. The molecule has 0 fully saturated rings. The smallest absolute Gasteiger partial charge is 0.304 e. The Kier molecular flexibility index (Phi) is 5.83. The largest absolute Gasteiger partial charge is 0.481 e. The third-order valence-corrected chi connectivity index (χ3v) is 3.57. The Hall–Kier alpha value is 0.110. The highest BCUT2D eigenvalue weighted by molar-refractivity contribution is 14.1. The molecule has 2 N–H and O–H groups in total. The van der Waals surface area contributed by atoms with E-state index >= 15 is 0 Å². The number of rotatable bonds is 5. The lowest BCUT2D eigenvalue weighted by Crippen LogP contribution is -2.26. The van der Waals surface area contributed by atoms with Crippen LogP contribution in [-0.4, -0.2) is 17.1 Å². The lowest BCUT2D eigenvalue weighted by Gasteiger charge is -2.12. The highest BCUT2D eigenvalue weighted by Gasteiger charge is 2.11. The predicted molar refractivity (Wildman–Crippen MR) is 76.1 cm³/mol. The second-order valence-corrected chi connectivity index (χ2v) is 5.10. The number of carboxylic acid groups (broad SMARTS) is 1. The maximum absolute atomic E-state index is 10.6. The van der Waals surface area contributed by atoms with Crippen molar-refractivity contribution in [1.29, 1.82) is 0 Å². The van der Waals surface area contributed by atoms with Gasteiger partial charge < -0.3 is 5.11 Å². The molecule has 0 spiro atoms. The molecule has 0 radical (unpaired) electrons. The Morgan fingerprint density at radius 2 is 2.00 bits per heavy atom. The number of carbonyl (C=O) groups is 1. The summed E-state index contributed by atoms with van der Waals surface area (Å²) in [6, 6.07) is 8.11. The molecule has 1 atom stereocenters. The SMILES string of the molecule is O=C(O)CC(Cc1ccc(I)cc1)NI. The van der Waals surface area contributed by atoms with Crippen molar-refractivity contribution < 1.29 is 9.90 Å². The van der Waals surface area contributed by atoms with E-state index in [0.717, 1.165) is 12.0 Å². The Morgan fingerprint density at radius 1 is 1.40 bits per heavy atom. The molecule has 0 saturated heterocycles. The summed E-state index contributed by atoms with van der Waals surface area (Å²) in [5, 5.41) is 8.69. The van der Waals surface area contributed by atoms with Gasteiger partial charge in [-0.05, 0) is 46.7 Å². The van der Waals surface area contributed by atoms with Crippen molar-refractivity contribution in [2.75, 3.05) is 0 Å². The number of halogens is 2. The summed E-state index contributed by atoms with van der Waals surface area (Å²) >= 11 is 4.25. The van der Waals surface area contributed by atoms with Gasteiger partial charge in [0.2, 0.25) is 0 Å². The van der Waals surface area contributed by atoms with E-state index in [9.17, 15) is 4.79 Å². The molecular weight excluding hydrogens is 420 g/mol. The molecular formula is C10H11I2NO2. The summed E-state index contributed by atoms with van der Waals surface area (Å²) in [5.41, 5.74) is 1.16. The second kappa shape index (κ2) is 6.64. The van der Waals surface area contributed by atoms with Crippen molar-refractivity contribution in [3.63, 3.8) is 0 Å². The molecule has 1 unspecified atom stereocenters. The Morgan fingerprint density at radius 3 is 2.47 bits per heavy atom. The summed E-state index contributed by atoms with van der Waals surface area (Å²) in [6.45, 7) is 0. The lowest BCUT2D eigenvalue weighted by molar-refractivity contribution is -0.137. The van der Waals surface area contributed by atoms with Gasteiger partial charge in [-0.3, -0.25) is 8.32 Å². The highest BCUT2D eigenvalue weighted by Crippen LogP contribution is 2.10. The quantitative estimate of drug-likeness (QED) is 0.557. The average molecular weight is 431 g/mol. The summed E-state index contributed by atoms with van der Waals surface area (Å²) in [7, 11) is 0. The first-order valence-corrected chi connectivity index (χ1v) is 6.60. The zero-order chi connectivity index (χ0) is 11.3. The summed E-state index contributed by atoms with van der Waals surface area (Å²) in [4.78, 5) is 10.6. The zero-order valence-electron chi connectivity index (χ0n) is 7.91. The molecule has 0 aliphatic heterocycles. The number of nitrogens with one attached hydrogen (secondary N) is 1. The molecule has 0 aliphatic rings. The first kappa shape index (κ1) is 13.2. The van der Waals surface area contributed by atoms with E-state index < -0.39 is 5.97 Å². The van der Waals surface area contributed by atoms with Crippen molar-refractivity contribution in [2.45, 2.75) is 18.9 Å². The molecule has 0 saturated carbocycles. The molecule has 0 heterocycles. The third-order valence-electron chi connectivity index (χ3n) is 1.97. The van der Waals surface area contributed by atoms with Gasteiger partial charge in [-0.1, -0.05) is 12.1 Å². The molecule has 0 bridgehead atoms. The van der Waals surface area contributed by atoms with Crippen LogP contribution in [0.15, 0.2) is 24.3 Å². The van der Waals surface area contributed by atoms with Gasteiger partial charge in [0.25, 0.3) is 0 Å². The van der Waals surface area contributed by atoms with Gasteiger partial charge >= 0.3 is 5.97 Å². The maximum Gasteiger partial charge on any atom is 0.304 e. The van der Waals surface area contributed by atoms with Gasteiger partial charge in [0.05, 0.1) is 6.42 Å². The maximum atomic E-state index is 10.6. The van der Waals surface area contributed by atoms with E-state index in [1.807, 2.05) is 47.1 Å². The van der Waals surface area contributed by atoms with E-state index in [1.165, 1.54) is 3.57 Å². The van der Waals surface area contributed by atoms with E-state index in [0.29, 0.717) is 0 Å². The highest BCUT2D eigenvalue weighted by atomic mass is 127. The van der Waals surface area contributed by atoms with Crippen molar-refractivity contribution in [2.24, 2.45) is 0 Å². The van der Waals surface area contributed by atoms with Crippen molar-refractivity contribution in [1.82, 2.24) is 3.53 Å². The first-order chi connectivity index (χ1) is 7.11. The minimum atomic E-state index is -0.769. The normalized spacial score (nSPS) is 12.4. The third kappa shape index (κ3) is 5.12. The van der Waals surface area contributed by atoms with Crippen LogP contribution in [0.2, 0.25) is 0 Å². The van der Waals surface area contributed by atoms with E-state index in [-0.39, 0.29) is 12.5 Å². The van der Waals surface area contributed by atoms with Crippen LogP contribution in [-0.2, 0) is 11.2 Å².